The van der Waals surface area contributed by atoms with Crippen molar-refractivity contribution in [1.29, 1.82) is 0 Å². The number of hydrogen-bond acceptors (Lipinski definition) is 7. The summed E-state index contributed by atoms with van der Waals surface area (Å²) < 4.78 is 13.3. The summed E-state index contributed by atoms with van der Waals surface area (Å²) in [5.74, 6) is 2.07. The smallest absolute Gasteiger partial charge is 0.247 e. The van der Waals surface area contributed by atoms with Gasteiger partial charge in [0.1, 0.15) is 13.2 Å². The number of rotatable bonds is 9. The summed E-state index contributed by atoms with van der Waals surface area (Å²) in [5.41, 5.74) is 4.69. The van der Waals surface area contributed by atoms with Gasteiger partial charge in [-0.1, -0.05) is 26.0 Å². The number of pyridine rings is 1. The van der Waals surface area contributed by atoms with Crippen molar-refractivity contribution in [2.45, 2.75) is 13.8 Å². The van der Waals surface area contributed by atoms with Crippen molar-refractivity contribution in [1.82, 2.24) is 19.5 Å². The van der Waals surface area contributed by atoms with Crippen LogP contribution in [-0.2, 0) is 0 Å². The van der Waals surface area contributed by atoms with Crippen LogP contribution >= 0.6 is 0 Å². The van der Waals surface area contributed by atoms with E-state index in [1.165, 1.54) is 0 Å². The second kappa shape index (κ2) is 10.0. The van der Waals surface area contributed by atoms with Gasteiger partial charge in [-0.2, -0.15) is 4.98 Å². The van der Waals surface area contributed by atoms with E-state index in [1.54, 1.807) is 0 Å². The van der Waals surface area contributed by atoms with Crippen molar-refractivity contribution in [2.75, 3.05) is 50.0 Å². The fourth-order valence-corrected chi connectivity index (χ4v) is 4.11. The average Bonchev–Trinajstić information content (AvgIpc) is 3.29. The lowest BCUT2D eigenvalue weighted by Gasteiger charge is -2.19. The van der Waals surface area contributed by atoms with E-state index in [2.05, 4.69) is 46.5 Å². The highest BCUT2D eigenvalue weighted by molar-refractivity contribution is 5.68. The molecule has 0 unspecified atom stereocenters. The zero-order chi connectivity index (χ0) is 23.3. The predicted molar refractivity (Wildman–Crippen MR) is 135 cm³/mol. The number of anilines is 3. The molecule has 3 heterocycles. The van der Waals surface area contributed by atoms with Crippen molar-refractivity contribution in [2.24, 2.45) is 0 Å². The molecule has 2 aromatic heterocycles. The van der Waals surface area contributed by atoms with Crippen LogP contribution in [0.25, 0.3) is 16.9 Å². The lowest BCUT2D eigenvalue weighted by Crippen LogP contribution is -2.28. The van der Waals surface area contributed by atoms with Crippen LogP contribution < -0.4 is 20.1 Å². The molecule has 5 rings (SSSR count). The Morgan fingerprint density at radius 1 is 0.912 bits per heavy atom. The van der Waals surface area contributed by atoms with Gasteiger partial charge in [0.15, 0.2) is 17.1 Å². The highest BCUT2D eigenvalue weighted by Gasteiger charge is 2.15. The Morgan fingerprint density at radius 2 is 1.71 bits per heavy atom. The van der Waals surface area contributed by atoms with E-state index in [1.807, 2.05) is 53.0 Å². The van der Waals surface area contributed by atoms with Crippen LogP contribution in [0.3, 0.4) is 0 Å². The molecule has 1 aliphatic rings. The van der Waals surface area contributed by atoms with Crippen LogP contribution in [0.4, 0.5) is 17.3 Å². The third-order valence-electron chi connectivity index (χ3n) is 5.97. The summed E-state index contributed by atoms with van der Waals surface area (Å²) in [6.45, 7) is 9.55. The van der Waals surface area contributed by atoms with E-state index in [-0.39, 0.29) is 0 Å². The maximum absolute atomic E-state index is 5.76. The number of likely N-dealkylation sites (N-methyl/N-ethyl adjacent to an activating group) is 1. The van der Waals surface area contributed by atoms with Crippen molar-refractivity contribution < 1.29 is 9.47 Å². The zero-order valence-corrected chi connectivity index (χ0v) is 19.6. The number of benzene rings is 2. The van der Waals surface area contributed by atoms with Crippen LogP contribution in [0.15, 0.2) is 60.7 Å². The van der Waals surface area contributed by atoms with Crippen LogP contribution in [0.1, 0.15) is 13.8 Å². The van der Waals surface area contributed by atoms with E-state index in [4.69, 9.17) is 14.6 Å². The predicted octanol–water partition coefficient (Wildman–Crippen LogP) is 4.66. The third-order valence-corrected chi connectivity index (χ3v) is 5.97. The van der Waals surface area contributed by atoms with Gasteiger partial charge < -0.3 is 25.0 Å². The maximum atomic E-state index is 5.76. The van der Waals surface area contributed by atoms with Gasteiger partial charge in [0.25, 0.3) is 0 Å². The molecule has 0 saturated carbocycles. The van der Waals surface area contributed by atoms with Gasteiger partial charge in [0.2, 0.25) is 5.95 Å². The van der Waals surface area contributed by atoms with Gasteiger partial charge in [0, 0.05) is 30.0 Å². The fourth-order valence-electron chi connectivity index (χ4n) is 4.11. The molecule has 1 aliphatic heterocycles. The SMILES string of the molecule is CCN(CC)CCNc1cccc(Nc2nc3cccc(-c4ccc5c(c4)OCCO5)n3n2)c1. The fraction of sp³-hybridized carbons (Fsp3) is 0.308. The first-order valence-corrected chi connectivity index (χ1v) is 11.8. The summed E-state index contributed by atoms with van der Waals surface area (Å²) in [5, 5.41) is 11.6. The average molecular weight is 459 g/mol. The molecule has 8 nitrogen and oxygen atoms in total. The van der Waals surface area contributed by atoms with Crippen molar-refractivity contribution in [3.05, 3.63) is 60.7 Å². The second-order valence-electron chi connectivity index (χ2n) is 8.13. The molecular weight excluding hydrogens is 428 g/mol. The molecule has 0 aliphatic carbocycles. The van der Waals surface area contributed by atoms with Gasteiger partial charge in [0.05, 0.1) is 5.69 Å². The molecule has 0 amide bonds. The first-order valence-electron chi connectivity index (χ1n) is 11.8. The highest BCUT2D eigenvalue weighted by Crippen LogP contribution is 2.34. The normalized spacial score (nSPS) is 12.8. The first kappa shape index (κ1) is 22.0. The number of ether oxygens (including phenoxy) is 2. The van der Waals surface area contributed by atoms with Crippen molar-refractivity contribution in [3.63, 3.8) is 0 Å². The van der Waals surface area contributed by atoms with E-state index in [0.29, 0.717) is 19.2 Å². The Balaban J connectivity index is 1.34. The lowest BCUT2D eigenvalue weighted by atomic mass is 10.1. The number of nitrogens with zero attached hydrogens (tertiary/aromatic N) is 4. The summed E-state index contributed by atoms with van der Waals surface area (Å²) in [6, 6.07) is 20.1. The largest absolute Gasteiger partial charge is 0.486 e. The molecule has 0 bridgehead atoms. The summed E-state index contributed by atoms with van der Waals surface area (Å²) in [7, 11) is 0. The number of fused-ring (bicyclic) bond motifs is 2. The lowest BCUT2D eigenvalue weighted by molar-refractivity contribution is 0.171. The molecule has 0 atom stereocenters. The minimum Gasteiger partial charge on any atom is -0.486 e. The standard InChI is InChI=1S/C26H30N6O2/c1-3-31(4-2)14-13-27-20-7-5-8-21(18-20)28-26-29-25-10-6-9-22(32(25)30-26)19-11-12-23-24(17-19)34-16-15-33-23/h5-12,17-18,27H,3-4,13-16H2,1-2H3,(H,28,30). The molecule has 8 heteroatoms. The molecule has 0 saturated heterocycles. The molecule has 2 N–H and O–H groups in total. The van der Waals surface area contributed by atoms with Gasteiger partial charge in [-0.25, -0.2) is 4.52 Å². The summed E-state index contributed by atoms with van der Waals surface area (Å²) in [4.78, 5) is 7.07. The Bertz CT molecular complexity index is 1270. The molecule has 2 aromatic carbocycles. The van der Waals surface area contributed by atoms with E-state index >= 15 is 0 Å². The molecular formula is C26H30N6O2. The van der Waals surface area contributed by atoms with Crippen molar-refractivity contribution in [3.8, 4) is 22.8 Å². The third kappa shape index (κ3) is 4.77. The van der Waals surface area contributed by atoms with Gasteiger partial charge in [-0.3, -0.25) is 0 Å². The van der Waals surface area contributed by atoms with Crippen LogP contribution in [-0.4, -0.2) is 58.9 Å². The Morgan fingerprint density at radius 3 is 2.56 bits per heavy atom. The Labute approximate surface area is 199 Å². The molecule has 0 spiro atoms. The number of aromatic nitrogens is 3. The van der Waals surface area contributed by atoms with Crippen LogP contribution in [0, 0.1) is 0 Å². The topological polar surface area (TPSA) is 76.0 Å². The van der Waals surface area contributed by atoms with E-state index in [9.17, 15) is 0 Å². The zero-order valence-electron chi connectivity index (χ0n) is 19.6. The minimum absolute atomic E-state index is 0.547. The van der Waals surface area contributed by atoms with Crippen LogP contribution in [0.2, 0.25) is 0 Å². The first-order chi connectivity index (χ1) is 16.7. The molecule has 34 heavy (non-hydrogen) atoms. The van der Waals surface area contributed by atoms with Gasteiger partial charge in [-0.05, 0) is 61.6 Å². The van der Waals surface area contributed by atoms with Gasteiger partial charge >= 0.3 is 0 Å². The molecule has 0 radical (unpaired) electrons. The van der Waals surface area contributed by atoms with E-state index in [0.717, 1.165) is 66.0 Å². The Kier molecular flexibility index (Phi) is 6.49. The summed E-state index contributed by atoms with van der Waals surface area (Å²) in [6.07, 6.45) is 0. The minimum atomic E-state index is 0.547. The van der Waals surface area contributed by atoms with E-state index < -0.39 is 0 Å². The molecule has 0 fully saturated rings. The second-order valence-corrected chi connectivity index (χ2v) is 8.13. The number of hydrogen-bond donors (Lipinski definition) is 2. The van der Waals surface area contributed by atoms with Gasteiger partial charge in [-0.15, -0.1) is 5.10 Å². The quantitative estimate of drug-likeness (QED) is 0.378. The van der Waals surface area contributed by atoms with Crippen LogP contribution in [0.5, 0.6) is 11.5 Å². The highest BCUT2D eigenvalue weighted by atomic mass is 16.6. The number of nitrogens with one attached hydrogen (secondary N) is 2. The molecule has 176 valence electrons. The Hall–Kier alpha value is -3.78. The summed E-state index contributed by atoms with van der Waals surface area (Å²) >= 11 is 0. The maximum Gasteiger partial charge on any atom is 0.247 e. The van der Waals surface area contributed by atoms with Crippen molar-refractivity contribution >= 4 is 23.0 Å². The molecule has 4 aromatic rings. The monoisotopic (exact) mass is 458 g/mol.